The van der Waals surface area contributed by atoms with Gasteiger partial charge in [0, 0.05) is 18.3 Å². The average Bonchev–Trinajstić information content (AvgIpc) is 2.15. The minimum atomic E-state index is -0.307. The van der Waals surface area contributed by atoms with E-state index in [1.165, 1.54) is 5.56 Å². The van der Waals surface area contributed by atoms with Crippen molar-refractivity contribution < 1.29 is 5.11 Å². The molecule has 1 aromatic rings. The highest BCUT2D eigenvalue weighted by atomic mass is 16.3. The number of hydrogen-bond acceptors (Lipinski definition) is 3. The van der Waals surface area contributed by atoms with E-state index in [-0.39, 0.29) is 12.1 Å². The van der Waals surface area contributed by atoms with Crippen LogP contribution in [0.2, 0.25) is 0 Å². The van der Waals surface area contributed by atoms with Crippen molar-refractivity contribution in [2.24, 2.45) is 0 Å². The number of nitrogens with two attached hydrogens (primary N) is 1. The Morgan fingerprint density at radius 2 is 2.07 bits per heavy atom. The fraction of sp³-hybridized carbons (Fsp3) is 0.500. The minimum absolute atomic E-state index is 0.267. The van der Waals surface area contributed by atoms with Crippen molar-refractivity contribution in [3.63, 3.8) is 0 Å². The Bertz CT molecular complexity index is 312. The molecule has 0 aliphatic carbocycles. The van der Waals surface area contributed by atoms with E-state index in [1.807, 2.05) is 25.2 Å². The van der Waals surface area contributed by atoms with Crippen LogP contribution in [0, 0.1) is 0 Å². The Morgan fingerprint density at radius 3 is 2.60 bits per heavy atom. The van der Waals surface area contributed by atoms with Gasteiger partial charge in [0.15, 0.2) is 0 Å². The van der Waals surface area contributed by atoms with Crippen LogP contribution in [-0.2, 0) is 0 Å². The standard InChI is InChI=1S/C12H20N2O/c1-9(15)8-14(3)10(2)11-5-4-6-12(13)7-11/h4-7,9-10,15H,8,13H2,1-3H3. The second-order valence-electron chi connectivity index (χ2n) is 4.13. The Morgan fingerprint density at radius 1 is 1.40 bits per heavy atom. The molecular weight excluding hydrogens is 188 g/mol. The van der Waals surface area contributed by atoms with E-state index in [9.17, 15) is 5.11 Å². The van der Waals surface area contributed by atoms with Gasteiger partial charge >= 0.3 is 0 Å². The SMILES string of the molecule is CC(O)CN(C)C(C)c1cccc(N)c1. The molecule has 3 nitrogen and oxygen atoms in total. The van der Waals surface area contributed by atoms with Crippen molar-refractivity contribution in [1.29, 1.82) is 0 Å². The van der Waals surface area contributed by atoms with Gasteiger partial charge in [-0.2, -0.15) is 0 Å². The zero-order valence-corrected chi connectivity index (χ0v) is 9.64. The first-order chi connectivity index (χ1) is 7.00. The highest BCUT2D eigenvalue weighted by molar-refractivity contribution is 5.41. The predicted octanol–water partition coefficient (Wildman–Crippen LogP) is 1.64. The molecule has 1 aromatic carbocycles. The van der Waals surface area contributed by atoms with Gasteiger partial charge in [0.05, 0.1) is 6.10 Å². The maximum atomic E-state index is 9.31. The molecule has 15 heavy (non-hydrogen) atoms. The van der Waals surface area contributed by atoms with Crippen molar-refractivity contribution in [2.45, 2.75) is 26.0 Å². The van der Waals surface area contributed by atoms with Crippen LogP contribution in [0.25, 0.3) is 0 Å². The molecule has 0 fully saturated rings. The van der Waals surface area contributed by atoms with E-state index in [2.05, 4.69) is 17.9 Å². The second kappa shape index (κ2) is 5.14. The molecule has 0 radical (unpaired) electrons. The van der Waals surface area contributed by atoms with Crippen molar-refractivity contribution in [3.05, 3.63) is 29.8 Å². The molecule has 0 aromatic heterocycles. The molecule has 0 aliphatic heterocycles. The Labute approximate surface area is 91.5 Å². The number of likely N-dealkylation sites (N-methyl/N-ethyl adjacent to an activating group) is 1. The summed E-state index contributed by atoms with van der Waals surface area (Å²) in [6, 6.07) is 8.13. The summed E-state index contributed by atoms with van der Waals surface area (Å²) in [5.74, 6) is 0. The van der Waals surface area contributed by atoms with Crippen LogP contribution in [0.5, 0.6) is 0 Å². The fourth-order valence-corrected chi connectivity index (χ4v) is 1.65. The van der Waals surface area contributed by atoms with Gasteiger partial charge in [0.1, 0.15) is 0 Å². The van der Waals surface area contributed by atoms with Gasteiger partial charge in [-0.25, -0.2) is 0 Å². The Kier molecular flexibility index (Phi) is 4.12. The third-order valence-electron chi connectivity index (χ3n) is 2.61. The normalized spacial score (nSPS) is 15.3. The fourth-order valence-electron chi connectivity index (χ4n) is 1.65. The molecule has 2 unspecified atom stereocenters. The number of benzene rings is 1. The lowest BCUT2D eigenvalue weighted by Crippen LogP contribution is -2.29. The van der Waals surface area contributed by atoms with Gasteiger partial charge in [-0.05, 0) is 38.6 Å². The molecule has 3 N–H and O–H groups in total. The molecule has 1 rings (SSSR count). The van der Waals surface area contributed by atoms with Crippen LogP contribution in [0.15, 0.2) is 24.3 Å². The van der Waals surface area contributed by atoms with Crippen LogP contribution in [0.3, 0.4) is 0 Å². The van der Waals surface area contributed by atoms with Crippen molar-refractivity contribution in [3.8, 4) is 0 Å². The molecule has 0 bridgehead atoms. The van der Waals surface area contributed by atoms with E-state index in [0.29, 0.717) is 6.54 Å². The van der Waals surface area contributed by atoms with Gasteiger partial charge in [-0.3, -0.25) is 4.90 Å². The third kappa shape index (κ3) is 3.53. The lowest BCUT2D eigenvalue weighted by Gasteiger charge is -2.26. The topological polar surface area (TPSA) is 49.5 Å². The first kappa shape index (κ1) is 12.0. The number of rotatable bonds is 4. The summed E-state index contributed by atoms with van der Waals surface area (Å²) in [7, 11) is 2.00. The quantitative estimate of drug-likeness (QED) is 0.740. The van der Waals surface area contributed by atoms with Crippen molar-refractivity contribution in [1.82, 2.24) is 4.90 Å². The maximum absolute atomic E-state index is 9.31. The number of aliphatic hydroxyl groups excluding tert-OH is 1. The van der Waals surface area contributed by atoms with Gasteiger partial charge in [-0.1, -0.05) is 12.1 Å². The molecule has 0 saturated heterocycles. The molecule has 0 aliphatic rings. The zero-order chi connectivity index (χ0) is 11.4. The predicted molar refractivity (Wildman–Crippen MR) is 63.6 cm³/mol. The zero-order valence-electron chi connectivity index (χ0n) is 9.64. The molecule has 84 valence electrons. The summed E-state index contributed by atoms with van der Waals surface area (Å²) in [6.45, 7) is 4.57. The largest absolute Gasteiger partial charge is 0.399 e. The van der Waals surface area contributed by atoms with Crippen LogP contribution in [0.1, 0.15) is 25.5 Å². The van der Waals surface area contributed by atoms with E-state index < -0.39 is 0 Å². The van der Waals surface area contributed by atoms with Gasteiger partial charge in [0.25, 0.3) is 0 Å². The summed E-state index contributed by atoms with van der Waals surface area (Å²) in [6.07, 6.45) is -0.307. The van der Waals surface area contributed by atoms with E-state index >= 15 is 0 Å². The molecular formula is C12H20N2O. The number of nitrogen functional groups attached to an aromatic ring is 1. The van der Waals surface area contributed by atoms with Crippen LogP contribution < -0.4 is 5.73 Å². The molecule has 0 saturated carbocycles. The molecule has 3 heteroatoms. The first-order valence-corrected chi connectivity index (χ1v) is 5.24. The summed E-state index contributed by atoms with van der Waals surface area (Å²) >= 11 is 0. The van der Waals surface area contributed by atoms with Gasteiger partial charge in [-0.15, -0.1) is 0 Å². The molecule has 2 atom stereocenters. The highest BCUT2D eigenvalue weighted by Crippen LogP contribution is 2.20. The van der Waals surface area contributed by atoms with E-state index in [0.717, 1.165) is 5.69 Å². The number of anilines is 1. The number of hydrogen-bond donors (Lipinski definition) is 2. The van der Waals surface area contributed by atoms with Crippen LogP contribution in [0.4, 0.5) is 5.69 Å². The molecule has 0 spiro atoms. The summed E-state index contributed by atoms with van der Waals surface area (Å²) < 4.78 is 0. The monoisotopic (exact) mass is 208 g/mol. The van der Waals surface area contributed by atoms with Crippen molar-refractivity contribution in [2.75, 3.05) is 19.3 Å². The van der Waals surface area contributed by atoms with Gasteiger partial charge in [0.2, 0.25) is 0 Å². The highest BCUT2D eigenvalue weighted by Gasteiger charge is 2.13. The Hall–Kier alpha value is -1.06. The van der Waals surface area contributed by atoms with E-state index in [4.69, 9.17) is 5.73 Å². The molecule has 0 heterocycles. The summed E-state index contributed by atoms with van der Waals surface area (Å²) in [5, 5.41) is 9.31. The first-order valence-electron chi connectivity index (χ1n) is 5.24. The Balaban J connectivity index is 2.71. The number of nitrogens with zero attached hydrogens (tertiary/aromatic N) is 1. The van der Waals surface area contributed by atoms with Crippen LogP contribution >= 0.6 is 0 Å². The van der Waals surface area contributed by atoms with Crippen LogP contribution in [-0.4, -0.2) is 29.7 Å². The lowest BCUT2D eigenvalue weighted by atomic mass is 10.1. The molecule has 0 amide bonds. The third-order valence-corrected chi connectivity index (χ3v) is 2.61. The van der Waals surface area contributed by atoms with Gasteiger partial charge < -0.3 is 10.8 Å². The minimum Gasteiger partial charge on any atom is -0.399 e. The number of aliphatic hydroxyl groups is 1. The maximum Gasteiger partial charge on any atom is 0.0639 e. The lowest BCUT2D eigenvalue weighted by molar-refractivity contribution is 0.122. The van der Waals surface area contributed by atoms with Crippen molar-refractivity contribution >= 4 is 5.69 Å². The second-order valence-corrected chi connectivity index (χ2v) is 4.13. The van der Waals surface area contributed by atoms with E-state index in [1.54, 1.807) is 6.92 Å². The summed E-state index contributed by atoms with van der Waals surface area (Å²) in [4.78, 5) is 2.11. The smallest absolute Gasteiger partial charge is 0.0639 e. The summed E-state index contributed by atoms with van der Waals surface area (Å²) in [5.41, 5.74) is 7.69. The average molecular weight is 208 g/mol.